The molecule has 4 heteroatoms. The monoisotopic (exact) mass is 237 g/mol. The molecular formula is C13H23N3O. The van der Waals surface area contributed by atoms with Crippen LogP contribution in [0.15, 0.2) is 4.52 Å². The van der Waals surface area contributed by atoms with E-state index < -0.39 is 0 Å². The molecule has 0 aromatic carbocycles. The molecule has 2 rings (SSSR count). The van der Waals surface area contributed by atoms with Gasteiger partial charge >= 0.3 is 0 Å². The molecule has 0 saturated heterocycles. The van der Waals surface area contributed by atoms with Gasteiger partial charge in [0.1, 0.15) is 0 Å². The van der Waals surface area contributed by atoms with Crippen LogP contribution in [-0.2, 0) is 6.42 Å². The predicted molar refractivity (Wildman–Crippen MR) is 66.9 cm³/mol. The van der Waals surface area contributed by atoms with Crippen LogP contribution < -0.4 is 5.32 Å². The first-order valence-corrected chi connectivity index (χ1v) is 6.80. The first-order valence-electron chi connectivity index (χ1n) is 6.80. The molecule has 0 amide bonds. The fraction of sp³-hybridized carbons (Fsp3) is 0.846. The number of rotatable bonds is 7. The third-order valence-corrected chi connectivity index (χ3v) is 3.59. The maximum absolute atomic E-state index is 5.34. The summed E-state index contributed by atoms with van der Waals surface area (Å²) in [6, 6.07) is 0.519. The molecule has 1 saturated carbocycles. The molecule has 0 radical (unpaired) electrons. The van der Waals surface area contributed by atoms with Crippen molar-refractivity contribution in [2.75, 3.05) is 6.54 Å². The van der Waals surface area contributed by atoms with E-state index in [-0.39, 0.29) is 0 Å². The van der Waals surface area contributed by atoms with Crippen LogP contribution >= 0.6 is 0 Å². The van der Waals surface area contributed by atoms with Crippen molar-refractivity contribution in [3.05, 3.63) is 11.7 Å². The predicted octanol–water partition coefficient (Wildman–Crippen LogP) is 2.51. The van der Waals surface area contributed by atoms with Crippen LogP contribution in [0.2, 0.25) is 0 Å². The lowest BCUT2D eigenvalue weighted by molar-refractivity contribution is 0.343. The van der Waals surface area contributed by atoms with Crippen LogP contribution in [0.4, 0.5) is 0 Å². The van der Waals surface area contributed by atoms with Crippen LogP contribution in [0.25, 0.3) is 0 Å². The Morgan fingerprint density at radius 2 is 2.18 bits per heavy atom. The molecule has 2 unspecified atom stereocenters. The molecular weight excluding hydrogens is 214 g/mol. The molecule has 0 bridgehead atoms. The Morgan fingerprint density at radius 3 is 2.76 bits per heavy atom. The van der Waals surface area contributed by atoms with Crippen LogP contribution in [0.1, 0.15) is 57.7 Å². The number of aromatic nitrogens is 2. The van der Waals surface area contributed by atoms with E-state index in [0.29, 0.717) is 12.0 Å². The maximum atomic E-state index is 5.34. The highest BCUT2D eigenvalue weighted by Gasteiger charge is 2.32. The van der Waals surface area contributed by atoms with Crippen molar-refractivity contribution in [3.8, 4) is 0 Å². The van der Waals surface area contributed by atoms with E-state index in [9.17, 15) is 0 Å². The summed E-state index contributed by atoms with van der Waals surface area (Å²) in [4.78, 5) is 4.50. The molecule has 2 atom stereocenters. The summed E-state index contributed by atoms with van der Waals surface area (Å²) in [7, 11) is 0. The zero-order chi connectivity index (χ0) is 12.3. The second-order valence-corrected chi connectivity index (χ2v) is 5.06. The van der Waals surface area contributed by atoms with Crippen molar-refractivity contribution in [1.82, 2.24) is 15.5 Å². The van der Waals surface area contributed by atoms with E-state index in [0.717, 1.165) is 37.0 Å². The Kier molecular flexibility index (Phi) is 4.15. The van der Waals surface area contributed by atoms with Crippen molar-refractivity contribution >= 4 is 0 Å². The van der Waals surface area contributed by atoms with Crippen molar-refractivity contribution in [3.63, 3.8) is 0 Å². The van der Waals surface area contributed by atoms with Gasteiger partial charge in [-0.25, -0.2) is 0 Å². The average molecular weight is 237 g/mol. The molecule has 0 aliphatic heterocycles. The van der Waals surface area contributed by atoms with Gasteiger partial charge in [-0.05, 0) is 31.7 Å². The van der Waals surface area contributed by atoms with Crippen LogP contribution in [0.5, 0.6) is 0 Å². The lowest BCUT2D eigenvalue weighted by Crippen LogP contribution is -2.33. The Morgan fingerprint density at radius 1 is 1.41 bits per heavy atom. The molecule has 1 fully saturated rings. The smallest absolute Gasteiger partial charge is 0.228 e. The standard InChI is InChI=1S/C13H23N3O/c1-4-9(3)13-15-12(17-16-13)8-11(14-5-2)10-6-7-10/h9-11,14H,4-8H2,1-3H3. The van der Waals surface area contributed by atoms with E-state index in [1.54, 1.807) is 0 Å². The van der Waals surface area contributed by atoms with Gasteiger partial charge in [0.25, 0.3) is 0 Å². The Balaban J connectivity index is 1.94. The van der Waals surface area contributed by atoms with Gasteiger partial charge in [0.05, 0.1) is 0 Å². The first kappa shape index (κ1) is 12.6. The highest BCUT2D eigenvalue weighted by atomic mass is 16.5. The normalized spacial score (nSPS) is 19.2. The van der Waals surface area contributed by atoms with E-state index >= 15 is 0 Å². The third kappa shape index (κ3) is 3.28. The fourth-order valence-electron chi connectivity index (χ4n) is 2.09. The lowest BCUT2D eigenvalue weighted by Gasteiger charge is -2.14. The molecule has 1 aromatic heterocycles. The Hall–Kier alpha value is -0.900. The topological polar surface area (TPSA) is 51.0 Å². The van der Waals surface area contributed by atoms with Gasteiger partial charge in [0.15, 0.2) is 5.82 Å². The van der Waals surface area contributed by atoms with E-state index in [1.807, 2.05) is 0 Å². The Labute approximate surface area is 103 Å². The summed E-state index contributed by atoms with van der Waals surface area (Å²) in [5, 5.41) is 7.58. The van der Waals surface area contributed by atoms with Crippen LogP contribution in [-0.4, -0.2) is 22.7 Å². The minimum atomic E-state index is 0.394. The van der Waals surface area contributed by atoms with Gasteiger partial charge in [-0.1, -0.05) is 25.9 Å². The maximum Gasteiger partial charge on any atom is 0.228 e. The van der Waals surface area contributed by atoms with Crippen molar-refractivity contribution in [1.29, 1.82) is 0 Å². The largest absolute Gasteiger partial charge is 0.339 e. The number of hydrogen-bond acceptors (Lipinski definition) is 4. The molecule has 96 valence electrons. The SMILES string of the molecule is CCNC(Cc1nc(C(C)CC)no1)C1CC1. The highest BCUT2D eigenvalue weighted by molar-refractivity contribution is 4.97. The quantitative estimate of drug-likeness (QED) is 0.791. The molecule has 17 heavy (non-hydrogen) atoms. The summed E-state index contributed by atoms with van der Waals surface area (Å²) in [5.74, 6) is 2.85. The molecule has 1 heterocycles. The molecule has 1 aliphatic carbocycles. The highest BCUT2D eigenvalue weighted by Crippen LogP contribution is 2.34. The zero-order valence-electron chi connectivity index (χ0n) is 11.1. The van der Waals surface area contributed by atoms with Crippen molar-refractivity contribution in [2.24, 2.45) is 5.92 Å². The average Bonchev–Trinajstić information content (AvgIpc) is 3.08. The summed E-state index contributed by atoms with van der Waals surface area (Å²) >= 11 is 0. The summed E-state index contributed by atoms with van der Waals surface area (Å²) in [5.41, 5.74) is 0. The van der Waals surface area contributed by atoms with Crippen LogP contribution in [0, 0.1) is 5.92 Å². The first-order chi connectivity index (χ1) is 8.24. The van der Waals surface area contributed by atoms with E-state index in [4.69, 9.17) is 4.52 Å². The van der Waals surface area contributed by atoms with Gasteiger partial charge in [-0.3, -0.25) is 0 Å². The van der Waals surface area contributed by atoms with Gasteiger partial charge in [0.2, 0.25) is 5.89 Å². The zero-order valence-corrected chi connectivity index (χ0v) is 11.1. The minimum Gasteiger partial charge on any atom is -0.339 e. The van der Waals surface area contributed by atoms with Gasteiger partial charge in [-0.15, -0.1) is 0 Å². The van der Waals surface area contributed by atoms with Gasteiger partial charge in [-0.2, -0.15) is 4.98 Å². The fourth-order valence-corrected chi connectivity index (χ4v) is 2.09. The summed E-state index contributed by atoms with van der Waals surface area (Å²) in [6.45, 7) is 7.44. The summed E-state index contributed by atoms with van der Waals surface area (Å²) in [6.07, 6.45) is 4.61. The van der Waals surface area contributed by atoms with Crippen LogP contribution in [0.3, 0.4) is 0 Å². The minimum absolute atomic E-state index is 0.394. The van der Waals surface area contributed by atoms with Gasteiger partial charge in [0, 0.05) is 18.4 Å². The van der Waals surface area contributed by atoms with Crippen molar-refractivity contribution in [2.45, 2.75) is 58.4 Å². The van der Waals surface area contributed by atoms with Crippen molar-refractivity contribution < 1.29 is 4.52 Å². The second kappa shape index (κ2) is 5.63. The number of nitrogens with zero attached hydrogens (tertiary/aromatic N) is 2. The molecule has 4 nitrogen and oxygen atoms in total. The Bertz CT molecular complexity index is 346. The van der Waals surface area contributed by atoms with E-state index in [1.165, 1.54) is 12.8 Å². The second-order valence-electron chi connectivity index (χ2n) is 5.06. The molecule has 1 aliphatic rings. The molecule has 1 N–H and O–H groups in total. The molecule has 1 aromatic rings. The molecule has 0 spiro atoms. The van der Waals surface area contributed by atoms with E-state index in [2.05, 4.69) is 36.2 Å². The number of hydrogen-bond donors (Lipinski definition) is 1. The third-order valence-electron chi connectivity index (χ3n) is 3.59. The number of likely N-dealkylation sites (N-methyl/N-ethyl adjacent to an activating group) is 1. The summed E-state index contributed by atoms with van der Waals surface area (Å²) < 4.78 is 5.34. The van der Waals surface area contributed by atoms with Gasteiger partial charge < -0.3 is 9.84 Å². The number of nitrogens with one attached hydrogen (secondary N) is 1. The lowest BCUT2D eigenvalue weighted by atomic mass is 10.1.